The quantitative estimate of drug-likeness (QED) is 0.557. The van der Waals surface area contributed by atoms with Gasteiger partial charge in [-0.05, 0) is 49.5 Å². The van der Waals surface area contributed by atoms with Gasteiger partial charge in [0, 0.05) is 13.1 Å². The summed E-state index contributed by atoms with van der Waals surface area (Å²) in [5.41, 5.74) is 7.03. The van der Waals surface area contributed by atoms with Crippen molar-refractivity contribution in [3.63, 3.8) is 0 Å². The highest BCUT2D eigenvalue weighted by Gasteiger charge is 2.13. The fourth-order valence-electron chi connectivity index (χ4n) is 3.14. The van der Waals surface area contributed by atoms with Crippen LogP contribution in [0.3, 0.4) is 0 Å². The number of rotatable bonds is 8. The Morgan fingerprint density at radius 2 is 1.92 bits per heavy atom. The van der Waals surface area contributed by atoms with Gasteiger partial charge in [0.1, 0.15) is 0 Å². The molecule has 6 nitrogen and oxygen atoms in total. The minimum absolute atomic E-state index is 0.486. The second-order valence-corrected chi connectivity index (χ2v) is 6.74. The van der Waals surface area contributed by atoms with Crippen molar-refractivity contribution in [2.24, 2.45) is 16.6 Å². The third-order valence-corrected chi connectivity index (χ3v) is 4.53. The third kappa shape index (κ3) is 6.46. The van der Waals surface area contributed by atoms with Gasteiger partial charge >= 0.3 is 0 Å². The Morgan fingerprint density at radius 3 is 2.60 bits per heavy atom. The zero-order chi connectivity index (χ0) is 18.1. The highest BCUT2D eigenvalue weighted by atomic mass is 16.5. The van der Waals surface area contributed by atoms with Crippen LogP contribution in [0.1, 0.15) is 31.7 Å². The maximum atomic E-state index is 6.00. The second-order valence-electron chi connectivity index (χ2n) is 6.74. The molecular weight excluding hydrogens is 316 g/mol. The molecule has 0 aromatic heterocycles. The molecule has 0 unspecified atom stereocenters. The first-order chi connectivity index (χ1) is 12.1. The molecular formula is C19H32N4O2. The van der Waals surface area contributed by atoms with Gasteiger partial charge in [-0.3, -0.25) is 0 Å². The van der Waals surface area contributed by atoms with Gasteiger partial charge in [0.2, 0.25) is 0 Å². The van der Waals surface area contributed by atoms with Gasteiger partial charge in [-0.15, -0.1) is 0 Å². The van der Waals surface area contributed by atoms with Crippen LogP contribution in [0.15, 0.2) is 23.2 Å². The van der Waals surface area contributed by atoms with Crippen molar-refractivity contribution >= 4 is 5.96 Å². The molecule has 1 fully saturated rings. The van der Waals surface area contributed by atoms with E-state index in [2.05, 4.69) is 22.1 Å². The lowest BCUT2D eigenvalue weighted by Gasteiger charge is -2.29. The van der Waals surface area contributed by atoms with Crippen LogP contribution in [-0.2, 0) is 6.54 Å². The molecule has 1 aliphatic rings. The van der Waals surface area contributed by atoms with Crippen molar-refractivity contribution in [1.82, 2.24) is 10.2 Å². The summed E-state index contributed by atoms with van der Waals surface area (Å²) in [7, 11) is 3.26. The molecule has 25 heavy (non-hydrogen) atoms. The first kappa shape index (κ1) is 19.4. The number of likely N-dealkylation sites (tertiary alicyclic amines) is 1. The molecule has 1 saturated heterocycles. The van der Waals surface area contributed by atoms with Gasteiger partial charge in [0.25, 0.3) is 0 Å². The molecule has 0 spiro atoms. The number of hydrogen-bond donors (Lipinski definition) is 2. The summed E-state index contributed by atoms with van der Waals surface area (Å²) in [5, 5.41) is 3.24. The van der Waals surface area contributed by atoms with E-state index in [0.717, 1.165) is 18.7 Å². The molecule has 3 N–H and O–H groups in total. The molecule has 0 radical (unpaired) electrons. The molecule has 0 aliphatic carbocycles. The lowest BCUT2D eigenvalue weighted by atomic mass is 10.1. The summed E-state index contributed by atoms with van der Waals surface area (Å²) in [4.78, 5) is 6.97. The molecule has 2 rings (SSSR count). The predicted octanol–water partition coefficient (Wildman–Crippen LogP) is 2.23. The number of piperidine rings is 1. The van der Waals surface area contributed by atoms with E-state index in [1.165, 1.54) is 32.4 Å². The molecule has 140 valence electrons. The van der Waals surface area contributed by atoms with E-state index in [-0.39, 0.29) is 0 Å². The fraction of sp³-hybridized carbons (Fsp3) is 0.632. The lowest BCUT2D eigenvalue weighted by molar-refractivity contribution is 0.201. The summed E-state index contributed by atoms with van der Waals surface area (Å²) in [6.07, 6.45) is 4.03. The van der Waals surface area contributed by atoms with Crippen LogP contribution in [0.5, 0.6) is 11.5 Å². The van der Waals surface area contributed by atoms with Crippen LogP contribution in [0.2, 0.25) is 0 Å². The molecule has 1 aliphatic heterocycles. The number of nitrogens with zero attached hydrogens (tertiary/aromatic N) is 2. The van der Waals surface area contributed by atoms with Gasteiger partial charge in [-0.2, -0.15) is 0 Å². The molecule has 6 heteroatoms. The van der Waals surface area contributed by atoms with E-state index >= 15 is 0 Å². The first-order valence-electron chi connectivity index (χ1n) is 9.09. The Kier molecular flexibility index (Phi) is 7.85. The Hall–Kier alpha value is -1.95. The topological polar surface area (TPSA) is 72.1 Å². The standard InChI is InChI=1S/C19H32N4O2/c1-15(14-23-9-5-4-6-10-23)12-21-19(20)22-13-16-7-8-17(24-2)18(11-16)25-3/h7-8,11,15H,4-6,9-10,12-14H2,1-3H3,(H3,20,21,22)/t15-/m1/s1. The first-order valence-corrected chi connectivity index (χ1v) is 9.09. The summed E-state index contributed by atoms with van der Waals surface area (Å²) in [5.74, 6) is 2.46. The van der Waals surface area contributed by atoms with E-state index in [4.69, 9.17) is 15.2 Å². The number of nitrogens with two attached hydrogens (primary N) is 1. The van der Waals surface area contributed by atoms with Gasteiger partial charge in [0.15, 0.2) is 17.5 Å². The molecule has 1 heterocycles. The molecule has 0 saturated carbocycles. The largest absolute Gasteiger partial charge is 0.493 e. The van der Waals surface area contributed by atoms with Crippen LogP contribution in [-0.4, -0.2) is 51.3 Å². The molecule has 1 atom stereocenters. The fourth-order valence-corrected chi connectivity index (χ4v) is 3.14. The van der Waals surface area contributed by atoms with E-state index in [0.29, 0.717) is 29.9 Å². The minimum Gasteiger partial charge on any atom is -0.493 e. The zero-order valence-electron chi connectivity index (χ0n) is 15.8. The summed E-state index contributed by atoms with van der Waals surface area (Å²) in [6.45, 7) is 7.19. The van der Waals surface area contributed by atoms with Crippen molar-refractivity contribution in [3.05, 3.63) is 23.8 Å². The number of benzene rings is 1. The van der Waals surface area contributed by atoms with Crippen molar-refractivity contribution in [3.8, 4) is 11.5 Å². The number of guanidine groups is 1. The molecule has 1 aromatic rings. The monoisotopic (exact) mass is 348 g/mol. The number of hydrogen-bond acceptors (Lipinski definition) is 4. The predicted molar refractivity (Wildman–Crippen MR) is 102 cm³/mol. The van der Waals surface area contributed by atoms with E-state index < -0.39 is 0 Å². The maximum absolute atomic E-state index is 6.00. The average Bonchev–Trinajstić information content (AvgIpc) is 2.65. The highest BCUT2D eigenvalue weighted by Crippen LogP contribution is 2.27. The normalized spacial score (nSPS) is 17.2. The van der Waals surface area contributed by atoms with Crippen molar-refractivity contribution < 1.29 is 9.47 Å². The van der Waals surface area contributed by atoms with Crippen molar-refractivity contribution in [2.75, 3.05) is 40.4 Å². The molecule has 0 bridgehead atoms. The van der Waals surface area contributed by atoms with Crippen LogP contribution in [0.25, 0.3) is 0 Å². The van der Waals surface area contributed by atoms with E-state index in [9.17, 15) is 0 Å². The second kappa shape index (κ2) is 10.1. The highest BCUT2D eigenvalue weighted by molar-refractivity contribution is 5.77. The van der Waals surface area contributed by atoms with Crippen LogP contribution in [0, 0.1) is 5.92 Å². The van der Waals surface area contributed by atoms with Crippen LogP contribution >= 0.6 is 0 Å². The zero-order valence-corrected chi connectivity index (χ0v) is 15.8. The van der Waals surface area contributed by atoms with E-state index in [1.807, 2.05) is 18.2 Å². The number of ether oxygens (including phenoxy) is 2. The van der Waals surface area contributed by atoms with Crippen LogP contribution < -0.4 is 20.5 Å². The Labute approximate surface area is 151 Å². The van der Waals surface area contributed by atoms with Crippen molar-refractivity contribution in [1.29, 1.82) is 0 Å². The van der Waals surface area contributed by atoms with Gasteiger partial charge in [-0.25, -0.2) is 4.99 Å². The number of nitrogens with one attached hydrogen (secondary N) is 1. The van der Waals surface area contributed by atoms with Crippen molar-refractivity contribution in [2.45, 2.75) is 32.7 Å². The molecule has 1 aromatic carbocycles. The third-order valence-electron chi connectivity index (χ3n) is 4.53. The summed E-state index contributed by atoms with van der Waals surface area (Å²) in [6, 6.07) is 5.78. The van der Waals surface area contributed by atoms with Gasteiger partial charge < -0.3 is 25.4 Å². The number of methoxy groups -OCH3 is 2. The maximum Gasteiger partial charge on any atom is 0.188 e. The van der Waals surface area contributed by atoms with Gasteiger partial charge in [0.05, 0.1) is 20.8 Å². The average molecular weight is 348 g/mol. The number of aliphatic imine (C=N–C) groups is 1. The molecule has 0 amide bonds. The smallest absolute Gasteiger partial charge is 0.188 e. The summed E-state index contributed by atoms with van der Waals surface area (Å²) >= 11 is 0. The van der Waals surface area contributed by atoms with Crippen LogP contribution in [0.4, 0.5) is 0 Å². The summed E-state index contributed by atoms with van der Waals surface area (Å²) < 4.78 is 10.6. The SMILES string of the molecule is COc1ccc(CN=C(N)NC[C@@H](C)CN2CCCCC2)cc1OC. The minimum atomic E-state index is 0.486. The van der Waals surface area contributed by atoms with Gasteiger partial charge in [-0.1, -0.05) is 19.4 Å². The Morgan fingerprint density at radius 1 is 1.20 bits per heavy atom. The van der Waals surface area contributed by atoms with E-state index in [1.54, 1.807) is 14.2 Å². The lowest BCUT2D eigenvalue weighted by Crippen LogP contribution is -2.40. The Balaban J connectivity index is 1.77. The Bertz CT molecular complexity index is 556.